The summed E-state index contributed by atoms with van der Waals surface area (Å²) in [5.74, 6) is 0.840. The molecule has 10 nitrogen and oxygen atoms in total. The van der Waals surface area contributed by atoms with Crippen LogP contribution in [0.4, 0.5) is 0 Å². The molecule has 4 atom stereocenters. The molecular formula is C28H25N3O7. The zero-order chi connectivity index (χ0) is 26.2. The van der Waals surface area contributed by atoms with Gasteiger partial charge in [-0.25, -0.2) is 0 Å². The van der Waals surface area contributed by atoms with E-state index >= 15 is 0 Å². The third-order valence-corrected chi connectivity index (χ3v) is 7.39. The quantitative estimate of drug-likeness (QED) is 0.181. The Hall–Kier alpha value is -4.56. The Kier molecular flexibility index (Phi) is 6.09. The molecule has 0 bridgehead atoms. The molecule has 0 radical (unpaired) electrons. The van der Waals surface area contributed by atoms with Crippen molar-refractivity contribution in [3.63, 3.8) is 0 Å². The first-order valence-corrected chi connectivity index (χ1v) is 12.2. The highest BCUT2D eigenvalue weighted by atomic mass is 16.7. The van der Waals surface area contributed by atoms with Gasteiger partial charge in [-0.15, -0.1) is 0 Å². The molecule has 6 rings (SSSR count). The van der Waals surface area contributed by atoms with Crippen LogP contribution in [0.15, 0.2) is 59.7 Å². The first kappa shape index (κ1) is 23.8. The van der Waals surface area contributed by atoms with Crippen molar-refractivity contribution in [2.24, 2.45) is 17.0 Å². The largest absolute Gasteiger partial charge is 0.493 e. The molecule has 0 aromatic heterocycles. The van der Waals surface area contributed by atoms with Crippen LogP contribution >= 0.6 is 0 Å². The molecule has 38 heavy (non-hydrogen) atoms. The molecule has 0 amide bonds. The second-order valence-corrected chi connectivity index (χ2v) is 9.31. The maximum Gasteiger partial charge on any atom is 0.310 e. The van der Waals surface area contributed by atoms with E-state index in [1.54, 1.807) is 14.2 Å². The van der Waals surface area contributed by atoms with E-state index in [0.29, 0.717) is 35.4 Å². The van der Waals surface area contributed by atoms with Crippen LogP contribution in [0.25, 0.3) is 10.4 Å². The molecule has 0 N–H and O–H groups in total. The lowest BCUT2D eigenvalue weighted by molar-refractivity contribution is -0.141. The van der Waals surface area contributed by atoms with Crippen molar-refractivity contribution in [2.45, 2.75) is 18.6 Å². The van der Waals surface area contributed by atoms with Crippen molar-refractivity contribution in [3.8, 4) is 28.7 Å². The molecule has 2 heterocycles. The van der Waals surface area contributed by atoms with Crippen LogP contribution in [-0.2, 0) is 16.1 Å². The second-order valence-electron chi connectivity index (χ2n) is 9.31. The smallest absolute Gasteiger partial charge is 0.310 e. The number of nitrogens with zero attached hydrogens (tertiary/aromatic N) is 3. The molecule has 1 aliphatic carbocycles. The van der Waals surface area contributed by atoms with Gasteiger partial charge < -0.3 is 28.4 Å². The highest BCUT2D eigenvalue weighted by Crippen LogP contribution is 2.56. The number of carbonyl (C=O) groups excluding carboxylic acids is 1. The van der Waals surface area contributed by atoms with Crippen molar-refractivity contribution in [1.29, 1.82) is 0 Å². The van der Waals surface area contributed by atoms with Gasteiger partial charge in [-0.3, -0.25) is 4.79 Å². The second kappa shape index (κ2) is 9.72. The fourth-order valence-corrected chi connectivity index (χ4v) is 5.69. The van der Waals surface area contributed by atoms with Crippen LogP contribution < -0.4 is 23.7 Å². The fraction of sp³-hybridized carbons (Fsp3) is 0.321. The van der Waals surface area contributed by atoms with Gasteiger partial charge in [-0.1, -0.05) is 35.4 Å². The number of fused-ring (bicyclic) bond motifs is 3. The lowest BCUT2D eigenvalue weighted by Gasteiger charge is -2.37. The summed E-state index contributed by atoms with van der Waals surface area (Å²) in [6.07, 6.45) is 0. The average molecular weight is 516 g/mol. The van der Waals surface area contributed by atoms with E-state index in [1.165, 1.54) is 0 Å². The number of benzene rings is 3. The number of azide groups is 1. The number of carbonyl (C=O) groups is 1. The molecule has 1 saturated heterocycles. The molecule has 0 saturated carbocycles. The van der Waals surface area contributed by atoms with Gasteiger partial charge in [0, 0.05) is 16.7 Å². The minimum absolute atomic E-state index is 0.0963. The van der Waals surface area contributed by atoms with Crippen LogP contribution in [-0.4, -0.2) is 33.6 Å². The predicted molar refractivity (Wildman–Crippen MR) is 135 cm³/mol. The van der Waals surface area contributed by atoms with Crippen LogP contribution in [0.2, 0.25) is 0 Å². The standard InChI is InChI=1S/C28H25N3O7/c1-33-22-8-16(9-23(34-2)27(22)35-12-15-6-4-3-5-7-15)24-17-10-20-21(38-14-37-20)11-18(17)26(30-31-29)19-13-36-28(32)25(19)24/h3-11,19,24-26H,12-14H2,1-2H3/t19-,24+,25-,26?/m0/s1. The number of methoxy groups -OCH3 is 2. The Morgan fingerprint density at radius 3 is 2.32 bits per heavy atom. The summed E-state index contributed by atoms with van der Waals surface area (Å²) in [5.41, 5.74) is 12.7. The Morgan fingerprint density at radius 1 is 0.974 bits per heavy atom. The van der Waals surface area contributed by atoms with Gasteiger partial charge in [0.05, 0.1) is 32.8 Å². The summed E-state index contributed by atoms with van der Waals surface area (Å²) in [6.45, 7) is 0.580. The Bertz CT molecular complexity index is 1410. The van der Waals surface area contributed by atoms with Crippen molar-refractivity contribution in [1.82, 2.24) is 0 Å². The van der Waals surface area contributed by atoms with E-state index in [0.717, 1.165) is 22.3 Å². The van der Waals surface area contributed by atoms with Crippen molar-refractivity contribution in [2.75, 3.05) is 27.6 Å². The van der Waals surface area contributed by atoms with E-state index in [-0.39, 0.29) is 25.3 Å². The highest BCUT2D eigenvalue weighted by molar-refractivity contribution is 5.79. The summed E-state index contributed by atoms with van der Waals surface area (Å²) >= 11 is 0. The van der Waals surface area contributed by atoms with E-state index in [1.807, 2.05) is 54.6 Å². The molecule has 3 aromatic carbocycles. The molecule has 194 valence electrons. The molecule has 3 aliphatic rings. The minimum Gasteiger partial charge on any atom is -0.493 e. The van der Waals surface area contributed by atoms with Crippen molar-refractivity contribution < 1.29 is 33.2 Å². The van der Waals surface area contributed by atoms with E-state index in [4.69, 9.17) is 28.4 Å². The summed E-state index contributed by atoms with van der Waals surface area (Å²) in [7, 11) is 3.12. The summed E-state index contributed by atoms with van der Waals surface area (Å²) in [6, 6.07) is 16.6. The van der Waals surface area contributed by atoms with E-state index in [2.05, 4.69) is 10.0 Å². The lowest BCUT2D eigenvalue weighted by atomic mass is 9.65. The summed E-state index contributed by atoms with van der Waals surface area (Å²) in [5, 5.41) is 4.07. The van der Waals surface area contributed by atoms with Crippen LogP contribution in [0.3, 0.4) is 0 Å². The van der Waals surface area contributed by atoms with E-state index in [9.17, 15) is 10.3 Å². The summed E-state index contributed by atoms with van der Waals surface area (Å²) < 4.78 is 34.4. The highest BCUT2D eigenvalue weighted by Gasteiger charge is 2.52. The van der Waals surface area contributed by atoms with Crippen molar-refractivity contribution >= 4 is 5.97 Å². The lowest BCUT2D eigenvalue weighted by Crippen LogP contribution is -2.34. The number of hydrogen-bond acceptors (Lipinski definition) is 8. The minimum atomic E-state index is -0.588. The van der Waals surface area contributed by atoms with Gasteiger partial charge in [0.2, 0.25) is 12.5 Å². The monoisotopic (exact) mass is 515 g/mol. The molecule has 10 heteroatoms. The number of ether oxygens (including phenoxy) is 6. The van der Waals surface area contributed by atoms with Gasteiger partial charge in [-0.2, -0.15) is 0 Å². The predicted octanol–water partition coefficient (Wildman–Crippen LogP) is 5.30. The number of esters is 1. The summed E-state index contributed by atoms with van der Waals surface area (Å²) in [4.78, 5) is 16.2. The van der Waals surface area contributed by atoms with Gasteiger partial charge in [0.1, 0.15) is 6.61 Å². The SMILES string of the molecule is COc1cc([C@@H]2c3cc4c(cc3C(N=[N+]=[N-])[C@H]3COC(=O)[C@H]23)OCO4)cc(OC)c1OCc1ccccc1. The Balaban J connectivity index is 1.48. The first-order chi connectivity index (χ1) is 18.6. The average Bonchev–Trinajstić information content (AvgIpc) is 3.57. The maximum absolute atomic E-state index is 13.1. The number of rotatable bonds is 7. The molecule has 2 aliphatic heterocycles. The molecule has 1 unspecified atom stereocenters. The number of hydrogen-bond donors (Lipinski definition) is 0. The normalized spacial score (nSPS) is 22.5. The maximum atomic E-state index is 13.1. The van der Waals surface area contributed by atoms with Gasteiger partial charge in [-0.05, 0) is 52.1 Å². The molecule has 1 fully saturated rings. The first-order valence-electron chi connectivity index (χ1n) is 12.2. The van der Waals surface area contributed by atoms with E-state index < -0.39 is 17.9 Å². The third kappa shape index (κ3) is 3.90. The van der Waals surface area contributed by atoms with Gasteiger partial charge in [0.25, 0.3) is 0 Å². The topological polar surface area (TPSA) is 121 Å². The van der Waals surface area contributed by atoms with Crippen LogP contribution in [0.5, 0.6) is 28.7 Å². The van der Waals surface area contributed by atoms with Crippen LogP contribution in [0, 0.1) is 11.8 Å². The van der Waals surface area contributed by atoms with Crippen molar-refractivity contribution in [3.05, 3.63) is 87.3 Å². The molecular weight excluding hydrogens is 490 g/mol. The zero-order valence-electron chi connectivity index (χ0n) is 20.8. The fourth-order valence-electron chi connectivity index (χ4n) is 5.69. The number of cyclic esters (lactones) is 1. The Morgan fingerprint density at radius 2 is 1.66 bits per heavy atom. The van der Waals surface area contributed by atoms with Gasteiger partial charge in [0.15, 0.2) is 23.0 Å². The van der Waals surface area contributed by atoms with Gasteiger partial charge >= 0.3 is 5.97 Å². The van der Waals surface area contributed by atoms with Crippen LogP contribution in [0.1, 0.15) is 34.2 Å². The third-order valence-electron chi connectivity index (χ3n) is 7.39. The molecule has 3 aromatic rings. The zero-order valence-corrected chi connectivity index (χ0v) is 20.8. The molecule has 0 spiro atoms. The Labute approximate surface area is 218 Å².